The summed E-state index contributed by atoms with van der Waals surface area (Å²) in [5, 5.41) is 9.74. The van der Waals surface area contributed by atoms with Gasteiger partial charge in [0.1, 0.15) is 11.3 Å². The SMILES string of the molecule is Oc1nc(Br)nc2cc(/C3=C/C=C\C=C/CC3)oc12. The van der Waals surface area contributed by atoms with Gasteiger partial charge in [-0.3, -0.25) is 0 Å². The van der Waals surface area contributed by atoms with Gasteiger partial charge >= 0.3 is 0 Å². The molecule has 1 N–H and O–H groups in total. The van der Waals surface area contributed by atoms with Gasteiger partial charge in [-0.05, 0) is 34.3 Å². The van der Waals surface area contributed by atoms with Crippen LogP contribution in [-0.2, 0) is 0 Å². The summed E-state index contributed by atoms with van der Waals surface area (Å²) < 4.78 is 6.01. The molecule has 2 aromatic rings. The minimum Gasteiger partial charge on any atom is -0.491 e. The Morgan fingerprint density at radius 2 is 2.11 bits per heavy atom. The van der Waals surface area contributed by atoms with Gasteiger partial charge in [0, 0.05) is 6.07 Å². The Morgan fingerprint density at radius 3 is 3.00 bits per heavy atom. The van der Waals surface area contributed by atoms with Crippen LogP contribution in [-0.4, -0.2) is 15.1 Å². The Bertz CT molecular complexity index is 714. The lowest BCUT2D eigenvalue weighted by atomic mass is 10.1. The molecule has 0 aliphatic heterocycles. The second-order valence-electron chi connectivity index (χ2n) is 4.18. The number of hydrogen-bond donors (Lipinski definition) is 1. The minimum atomic E-state index is -0.148. The lowest BCUT2D eigenvalue weighted by Crippen LogP contribution is -1.82. The van der Waals surface area contributed by atoms with E-state index in [0.717, 1.165) is 24.2 Å². The Morgan fingerprint density at radius 1 is 1.21 bits per heavy atom. The second kappa shape index (κ2) is 5.01. The third kappa shape index (κ3) is 2.46. The van der Waals surface area contributed by atoms with E-state index < -0.39 is 0 Å². The fourth-order valence-corrected chi connectivity index (χ4v) is 2.34. The monoisotopic (exact) mass is 318 g/mol. The standard InChI is InChI=1S/C14H11BrN2O2/c15-14-16-10-8-11(19-12(10)13(18)17-14)9-6-4-2-1-3-5-7-9/h1-4,6,8H,5,7H2,(H,16,17,18)/b3-1-,4-2-,9-6+. The minimum absolute atomic E-state index is 0.148. The lowest BCUT2D eigenvalue weighted by molar-refractivity contribution is 0.441. The van der Waals surface area contributed by atoms with Gasteiger partial charge in [-0.15, -0.1) is 0 Å². The second-order valence-corrected chi connectivity index (χ2v) is 4.89. The summed E-state index contributed by atoms with van der Waals surface area (Å²) >= 11 is 3.15. The molecule has 0 fully saturated rings. The molecule has 0 atom stereocenters. The Kier molecular flexibility index (Phi) is 3.21. The fraction of sp³-hybridized carbons (Fsp3) is 0.143. The zero-order valence-electron chi connectivity index (χ0n) is 10.0. The number of halogens is 1. The molecule has 0 amide bonds. The lowest BCUT2D eigenvalue weighted by Gasteiger charge is -2.02. The van der Waals surface area contributed by atoms with Gasteiger partial charge in [-0.1, -0.05) is 30.4 Å². The van der Waals surface area contributed by atoms with Crippen molar-refractivity contribution < 1.29 is 9.52 Å². The van der Waals surface area contributed by atoms with Crippen LogP contribution < -0.4 is 0 Å². The predicted molar refractivity (Wildman–Crippen MR) is 76.7 cm³/mol. The molecule has 0 bridgehead atoms. The van der Waals surface area contributed by atoms with Crippen molar-refractivity contribution in [3.63, 3.8) is 0 Å². The molecular weight excluding hydrogens is 308 g/mol. The summed E-state index contributed by atoms with van der Waals surface area (Å²) in [5.74, 6) is 0.572. The molecule has 5 heteroatoms. The first kappa shape index (κ1) is 12.2. The molecule has 0 saturated heterocycles. The number of hydrogen-bond acceptors (Lipinski definition) is 4. The van der Waals surface area contributed by atoms with Crippen molar-refractivity contribution in [2.24, 2.45) is 0 Å². The number of furan rings is 1. The highest BCUT2D eigenvalue weighted by Crippen LogP contribution is 2.31. The average molecular weight is 319 g/mol. The van der Waals surface area contributed by atoms with Gasteiger partial charge in [0.15, 0.2) is 0 Å². The van der Waals surface area contributed by atoms with E-state index in [9.17, 15) is 5.11 Å². The Hall–Kier alpha value is -1.88. The van der Waals surface area contributed by atoms with Crippen molar-refractivity contribution in [3.8, 4) is 5.88 Å². The van der Waals surface area contributed by atoms with Crippen molar-refractivity contribution in [2.75, 3.05) is 0 Å². The maximum absolute atomic E-state index is 9.74. The molecule has 0 saturated carbocycles. The van der Waals surface area contributed by atoms with Crippen LogP contribution in [0.2, 0.25) is 0 Å². The van der Waals surface area contributed by atoms with Gasteiger partial charge in [0.05, 0.1) is 0 Å². The number of allylic oxidation sites excluding steroid dienone is 6. The van der Waals surface area contributed by atoms with Crippen LogP contribution in [0, 0.1) is 0 Å². The normalized spacial score (nSPS) is 21.4. The largest absolute Gasteiger partial charge is 0.491 e. The van der Waals surface area contributed by atoms with E-state index in [2.05, 4.69) is 32.0 Å². The Balaban J connectivity index is 2.08. The van der Waals surface area contributed by atoms with Crippen LogP contribution in [0.3, 0.4) is 0 Å². The van der Waals surface area contributed by atoms with Crippen LogP contribution >= 0.6 is 15.9 Å². The van der Waals surface area contributed by atoms with E-state index in [4.69, 9.17) is 4.42 Å². The molecule has 0 spiro atoms. The van der Waals surface area contributed by atoms with Crippen LogP contribution in [0.5, 0.6) is 5.88 Å². The molecule has 1 aliphatic carbocycles. The van der Waals surface area contributed by atoms with E-state index >= 15 is 0 Å². The number of nitrogens with zero attached hydrogens (tertiary/aromatic N) is 2. The van der Waals surface area contributed by atoms with E-state index in [1.807, 2.05) is 30.4 Å². The van der Waals surface area contributed by atoms with Gasteiger partial charge in [-0.2, -0.15) is 4.98 Å². The molecule has 1 aliphatic rings. The summed E-state index contributed by atoms with van der Waals surface area (Å²) in [7, 11) is 0. The third-order valence-electron chi connectivity index (χ3n) is 2.88. The highest BCUT2D eigenvalue weighted by Gasteiger charge is 2.14. The first-order chi connectivity index (χ1) is 9.24. The van der Waals surface area contributed by atoms with E-state index in [1.54, 1.807) is 0 Å². The molecule has 2 heterocycles. The third-order valence-corrected chi connectivity index (χ3v) is 3.23. The number of rotatable bonds is 1. The van der Waals surface area contributed by atoms with Gasteiger partial charge in [-0.25, -0.2) is 4.98 Å². The maximum atomic E-state index is 9.74. The molecule has 19 heavy (non-hydrogen) atoms. The van der Waals surface area contributed by atoms with Crippen LogP contribution in [0.4, 0.5) is 0 Å². The molecule has 0 unspecified atom stereocenters. The van der Waals surface area contributed by atoms with Crippen molar-refractivity contribution in [1.29, 1.82) is 0 Å². The first-order valence-electron chi connectivity index (χ1n) is 5.93. The van der Waals surface area contributed by atoms with Gasteiger partial charge < -0.3 is 9.52 Å². The van der Waals surface area contributed by atoms with Crippen molar-refractivity contribution in [1.82, 2.24) is 9.97 Å². The highest BCUT2D eigenvalue weighted by atomic mass is 79.9. The maximum Gasteiger partial charge on any atom is 0.260 e. The van der Waals surface area contributed by atoms with Crippen molar-refractivity contribution in [2.45, 2.75) is 12.8 Å². The van der Waals surface area contributed by atoms with Gasteiger partial charge in [0.25, 0.3) is 5.88 Å². The first-order valence-corrected chi connectivity index (χ1v) is 6.72. The zero-order chi connectivity index (χ0) is 13.2. The zero-order valence-corrected chi connectivity index (χ0v) is 11.6. The summed E-state index contributed by atoms with van der Waals surface area (Å²) in [6.07, 6.45) is 11.9. The highest BCUT2D eigenvalue weighted by molar-refractivity contribution is 9.10. The Labute approximate surface area is 118 Å². The molecule has 0 radical (unpaired) electrons. The van der Waals surface area contributed by atoms with E-state index in [-0.39, 0.29) is 5.88 Å². The van der Waals surface area contributed by atoms with E-state index in [1.165, 1.54) is 0 Å². The summed E-state index contributed by atoms with van der Waals surface area (Å²) in [6.45, 7) is 0. The smallest absolute Gasteiger partial charge is 0.260 e. The molecule has 4 nitrogen and oxygen atoms in total. The number of fused-ring (bicyclic) bond motifs is 1. The van der Waals surface area contributed by atoms with Crippen LogP contribution in [0.15, 0.2) is 45.6 Å². The fourth-order valence-electron chi connectivity index (χ4n) is 1.98. The van der Waals surface area contributed by atoms with Crippen LogP contribution in [0.25, 0.3) is 16.7 Å². The van der Waals surface area contributed by atoms with Crippen LogP contribution in [0.1, 0.15) is 18.6 Å². The van der Waals surface area contributed by atoms with E-state index in [0.29, 0.717) is 15.8 Å². The quantitative estimate of drug-likeness (QED) is 0.808. The molecule has 0 aromatic carbocycles. The summed E-state index contributed by atoms with van der Waals surface area (Å²) in [6, 6.07) is 1.83. The van der Waals surface area contributed by atoms with Crippen molar-refractivity contribution >= 4 is 32.6 Å². The average Bonchev–Trinajstić information content (AvgIpc) is 2.72. The number of aromatic nitrogens is 2. The van der Waals surface area contributed by atoms with Crippen molar-refractivity contribution in [3.05, 3.63) is 46.9 Å². The number of aromatic hydroxyl groups is 1. The van der Waals surface area contributed by atoms with Gasteiger partial charge in [0.2, 0.25) is 10.3 Å². The molecule has 3 rings (SSSR count). The summed E-state index contributed by atoms with van der Waals surface area (Å²) in [5.41, 5.74) is 1.99. The molecule has 2 aromatic heterocycles. The summed E-state index contributed by atoms with van der Waals surface area (Å²) in [4.78, 5) is 8.00. The molecular formula is C14H11BrN2O2. The molecule has 96 valence electrons. The topological polar surface area (TPSA) is 59.2 Å². The predicted octanol–water partition coefficient (Wildman–Crippen LogP) is 3.98.